The van der Waals surface area contributed by atoms with Crippen molar-refractivity contribution in [1.29, 1.82) is 0 Å². The minimum atomic E-state index is 0.0597. The second-order valence-corrected chi connectivity index (χ2v) is 12.9. The fourth-order valence-corrected chi connectivity index (χ4v) is 7.91. The van der Waals surface area contributed by atoms with Gasteiger partial charge in [-0.25, -0.2) is 9.78 Å². The Hall–Kier alpha value is -3.10. The quantitative estimate of drug-likeness (QED) is 0.382. The average molecular weight is 542 g/mol. The summed E-state index contributed by atoms with van der Waals surface area (Å²) in [6.45, 7) is 11.6. The molecule has 0 saturated carbocycles. The molecule has 7 rings (SSSR count). The van der Waals surface area contributed by atoms with E-state index in [4.69, 9.17) is 0 Å². The zero-order valence-corrected chi connectivity index (χ0v) is 24.3. The third-order valence-electron chi connectivity index (χ3n) is 10.4. The summed E-state index contributed by atoms with van der Waals surface area (Å²) >= 11 is 0. The van der Waals surface area contributed by atoms with Crippen molar-refractivity contribution >= 4 is 22.4 Å². The van der Waals surface area contributed by atoms with Gasteiger partial charge in [-0.15, -0.1) is 0 Å². The lowest BCUT2D eigenvalue weighted by molar-refractivity contribution is 0.0909. The van der Waals surface area contributed by atoms with Crippen LogP contribution in [-0.4, -0.2) is 74.1 Å². The molecule has 212 valence electrons. The molecule has 8 heteroatoms. The maximum absolute atomic E-state index is 12.5. The molecule has 4 aromatic rings. The van der Waals surface area contributed by atoms with Gasteiger partial charge in [0.25, 0.3) is 0 Å². The monoisotopic (exact) mass is 541 g/mol. The van der Waals surface area contributed by atoms with Crippen LogP contribution >= 0.6 is 0 Å². The van der Waals surface area contributed by atoms with Crippen molar-refractivity contribution in [2.24, 2.45) is 25.4 Å². The van der Waals surface area contributed by atoms with Crippen molar-refractivity contribution < 1.29 is 0 Å². The number of hydrogen-bond donors (Lipinski definition) is 0. The molecule has 0 N–H and O–H groups in total. The number of para-hydroxylation sites is 1. The van der Waals surface area contributed by atoms with Gasteiger partial charge in [0, 0.05) is 65.4 Å². The molecule has 8 nitrogen and oxygen atoms in total. The van der Waals surface area contributed by atoms with Crippen LogP contribution in [0.1, 0.15) is 43.2 Å². The number of nitrogens with zero attached hydrogens (tertiary/aromatic N) is 7. The third-order valence-corrected chi connectivity index (χ3v) is 10.4. The van der Waals surface area contributed by atoms with E-state index >= 15 is 0 Å². The second-order valence-electron chi connectivity index (χ2n) is 12.9. The first-order chi connectivity index (χ1) is 19.4. The molecule has 0 amide bonds. The van der Waals surface area contributed by atoms with E-state index in [-0.39, 0.29) is 5.69 Å². The second kappa shape index (κ2) is 10.1. The van der Waals surface area contributed by atoms with Gasteiger partial charge >= 0.3 is 5.69 Å². The predicted molar refractivity (Wildman–Crippen MR) is 161 cm³/mol. The van der Waals surface area contributed by atoms with Gasteiger partial charge in [-0.2, -0.15) is 0 Å². The Morgan fingerprint density at radius 1 is 0.975 bits per heavy atom. The van der Waals surface area contributed by atoms with E-state index in [1.54, 1.807) is 4.57 Å². The fraction of sp³-hybridized carbons (Fsp3) is 0.562. The Labute approximate surface area is 236 Å². The topological polar surface area (TPSA) is 54.0 Å². The van der Waals surface area contributed by atoms with E-state index in [0.717, 1.165) is 42.2 Å². The number of pyridine rings is 1. The number of fused-ring (bicyclic) bond motifs is 2. The molecule has 0 atom stereocenters. The normalized spacial score (nSPS) is 20.9. The Kier molecular flexibility index (Phi) is 6.50. The number of hydrogen-bond acceptors (Lipinski definition) is 5. The number of piperidine rings is 2. The molecule has 0 aliphatic carbocycles. The van der Waals surface area contributed by atoms with Gasteiger partial charge in [0.15, 0.2) is 0 Å². The molecule has 1 spiro atoms. The molecule has 3 saturated heterocycles. The van der Waals surface area contributed by atoms with Crippen molar-refractivity contribution in [3.63, 3.8) is 0 Å². The summed E-state index contributed by atoms with van der Waals surface area (Å²) in [6.07, 6.45) is 12.7. The van der Waals surface area contributed by atoms with Crippen LogP contribution in [0.4, 0.5) is 5.69 Å². The van der Waals surface area contributed by atoms with Crippen molar-refractivity contribution in [3.8, 4) is 0 Å². The molecule has 0 radical (unpaired) electrons. The molecular formula is C32H43N7O. The van der Waals surface area contributed by atoms with Gasteiger partial charge < -0.3 is 14.2 Å². The van der Waals surface area contributed by atoms with Crippen LogP contribution in [0.2, 0.25) is 0 Å². The van der Waals surface area contributed by atoms with Crippen LogP contribution in [0.15, 0.2) is 47.7 Å². The van der Waals surface area contributed by atoms with Gasteiger partial charge in [0.1, 0.15) is 5.65 Å². The minimum absolute atomic E-state index is 0.0597. The van der Waals surface area contributed by atoms with Gasteiger partial charge in [0.05, 0.1) is 16.7 Å². The highest BCUT2D eigenvalue weighted by Crippen LogP contribution is 2.41. The van der Waals surface area contributed by atoms with Crippen LogP contribution in [-0.2, 0) is 20.6 Å². The molecular weight excluding hydrogens is 498 g/mol. The molecule has 40 heavy (non-hydrogen) atoms. The Bertz CT molecular complexity index is 1580. The van der Waals surface area contributed by atoms with Crippen LogP contribution < -0.4 is 10.6 Å². The summed E-state index contributed by atoms with van der Waals surface area (Å²) in [4.78, 5) is 24.9. The maximum atomic E-state index is 12.5. The lowest BCUT2D eigenvalue weighted by atomic mass is 9.77. The summed E-state index contributed by atoms with van der Waals surface area (Å²) < 4.78 is 5.73. The van der Waals surface area contributed by atoms with Crippen LogP contribution in [0.3, 0.4) is 0 Å². The molecule has 3 aromatic heterocycles. The standard InChI is InChI=1S/C32H43N7O/c1-24-19-29-33-12-18-39(29)22-28(24)38-13-7-25(8-14-38)20-36-15-9-32(10-16-36)11-17-37(23-32)21-26-5-4-6-27-30(26)35(3)31(40)34(27)2/h4-6,12,18-19,22,25H,7-11,13-17,20-21,23H2,1-3H3. The number of aryl methyl sites for hydroxylation is 3. The SMILES string of the molecule is Cc1cc2nccn2cc1N1CCC(CN2CCC3(CC2)CCN(Cc2cccc4c2n(C)c(=O)n4C)C3)CC1. The zero-order valence-electron chi connectivity index (χ0n) is 24.3. The minimum Gasteiger partial charge on any atom is -0.370 e. The van der Waals surface area contributed by atoms with Crippen molar-refractivity contribution in [1.82, 2.24) is 28.3 Å². The summed E-state index contributed by atoms with van der Waals surface area (Å²) in [6, 6.07) is 8.58. The predicted octanol–water partition coefficient (Wildman–Crippen LogP) is 4.04. The number of anilines is 1. The number of benzene rings is 1. The van der Waals surface area contributed by atoms with Gasteiger partial charge in [-0.05, 0) is 93.3 Å². The highest BCUT2D eigenvalue weighted by molar-refractivity contribution is 5.79. The Balaban J connectivity index is 0.917. The highest BCUT2D eigenvalue weighted by Gasteiger charge is 2.41. The maximum Gasteiger partial charge on any atom is 0.328 e. The third kappa shape index (κ3) is 4.55. The first-order valence-electron chi connectivity index (χ1n) is 15.2. The summed E-state index contributed by atoms with van der Waals surface area (Å²) in [5.41, 5.74) is 7.66. The molecule has 3 aliphatic heterocycles. The summed E-state index contributed by atoms with van der Waals surface area (Å²) in [5.74, 6) is 0.806. The van der Waals surface area contributed by atoms with Gasteiger partial charge in [-0.1, -0.05) is 12.1 Å². The van der Waals surface area contributed by atoms with Crippen molar-refractivity contribution in [2.75, 3.05) is 50.7 Å². The molecule has 0 unspecified atom stereocenters. The van der Waals surface area contributed by atoms with E-state index in [2.05, 4.69) is 61.5 Å². The van der Waals surface area contributed by atoms with E-state index in [0.29, 0.717) is 5.41 Å². The van der Waals surface area contributed by atoms with Gasteiger partial charge in [-0.3, -0.25) is 14.0 Å². The number of rotatable bonds is 5. The lowest BCUT2D eigenvalue weighted by Gasteiger charge is -2.42. The molecule has 0 bridgehead atoms. The average Bonchev–Trinajstić information content (AvgIpc) is 3.64. The molecule has 6 heterocycles. The zero-order chi connectivity index (χ0) is 27.4. The van der Waals surface area contributed by atoms with Crippen molar-refractivity contribution in [2.45, 2.75) is 45.6 Å². The number of likely N-dealkylation sites (tertiary alicyclic amines) is 2. The fourth-order valence-electron chi connectivity index (χ4n) is 7.91. The van der Waals surface area contributed by atoms with Crippen LogP contribution in [0.25, 0.3) is 16.7 Å². The Morgan fingerprint density at radius 3 is 2.50 bits per heavy atom. The van der Waals surface area contributed by atoms with Crippen molar-refractivity contribution in [3.05, 3.63) is 64.5 Å². The number of aromatic nitrogens is 4. The van der Waals surface area contributed by atoms with E-state index in [1.807, 2.05) is 31.1 Å². The van der Waals surface area contributed by atoms with E-state index in [9.17, 15) is 4.79 Å². The summed E-state index contributed by atoms with van der Waals surface area (Å²) in [5, 5.41) is 0. The molecule has 3 aliphatic rings. The van der Waals surface area contributed by atoms with E-state index in [1.165, 1.54) is 81.6 Å². The first-order valence-corrected chi connectivity index (χ1v) is 15.2. The molecule has 3 fully saturated rings. The number of imidazole rings is 2. The smallest absolute Gasteiger partial charge is 0.328 e. The van der Waals surface area contributed by atoms with Crippen LogP contribution in [0, 0.1) is 18.3 Å². The lowest BCUT2D eigenvalue weighted by Crippen LogP contribution is -2.45. The summed E-state index contributed by atoms with van der Waals surface area (Å²) in [7, 11) is 3.78. The van der Waals surface area contributed by atoms with Gasteiger partial charge in [0.2, 0.25) is 0 Å². The van der Waals surface area contributed by atoms with Crippen LogP contribution in [0.5, 0.6) is 0 Å². The highest BCUT2D eigenvalue weighted by atomic mass is 16.1. The van der Waals surface area contributed by atoms with E-state index < -0.39 is 0 Å². The Morgan fingerprint density at radius 2 is 1.73 bits per heavy atom. The first kappa shape index (κ1) is 25.8. The largest absolute Gasteiger partial charge is 0.370 e. The molecule has 1 aromatic carbocycles.